The normalized spacial score (nSPS) is 21.8. The molecule has 0 spiro atoms. The van der Waals surface area contributed by atoms with Gasteiger partial charge >= 0.3 is 0 Å². The van der Waals surface area contributed by atoms with Gasteiger partial charge in [-0.25, -0.2) is 0 Å². The van der Waals surface area contributed by atoms with Crippen molar-refractivity contribution in [3.8, 4) is 5.88 Å². The number of ether oxygens (including phenoxy) is 1. The first kappa shape index (κ1) is 13.9. The fraction of sp³-hybridized carbons (Fsp3) is 0.643. The quantitative estimate of drug-likeness (QED) is 0.818. The Morgan fingerprint density at radius 1 is 1.47 bits per heavy atom. The molecule has 0 saturated heterocycles. The molecule has 5 heteroatoms. The summed E-state index contributed by atoms with van der Waals surface area (Å²) in [5, 5.41) is 9.31. The lowest BCUT2D eigenvalue weighted by Crippen LogP contribution is -2.37. The van der Waals surface area contributed by atoms with Crippen LogP contribution in [-0.2, 0) is 0 Å². The zero-order valence-electron chi connectivity index (χ0n) is 11.7. The minimum absolute atomic E-state index is 0.110. The number of aliphatic hydroxyl groups excluding tert-OH is 1. The van der Waals surface area contributed by atoms with E-state index in [1.165, 1.54) is 0 Å². The lowest BCUT2D eigenvalue weighted by Gasteiger charge is -2.34. The molecule has 1 aromatic rings. The summed E-state index contributed by atoms with van der Waals surface area (Å²) in [7, 11) is 2.01. The number of nitrogen functional groups attached to an aromatic ring is 1. The summed E-state index contributed by atoms with van der Waals surface area (Å²) < 4.78 is 5.54. The average molecular weight is 265 g/mol. The van der Waals surface area contributed by atoms with E-state index in [-0.39, 0.29) is 6.10 Å². The monoisotopic (exact) mass is 265 g/mol. The van der Waals surface area contributed by atoms with E-state index in [9.17, 15) is 5.11 Å². The minimum Gasteiger partial charge on any atom is -0.476 e. The van der Waals surface area contributed by atoms with Crippen LogP contribution in [0.5, 0.6) is 5.88 Å². The van der Waals surface area contributed by atoms with Gasteiger partial charge in [-0.2, -0.15) is 4.98 Å². The molecule has 5 nitrogen and oxygen atoms in total. The molecule has 1 aromatic heterocycles. The van der Waals surface area contributed by atoms with Crippen LogP contribution < -0.4 is 15.4 Å². The molecule has 106 valence electrons. The summed E-state index contributed by atoms with van der Waals surface area (Å²) in [4.78, 5) is 6.55. The maximum atomic E-state index is 9.31. The molecule has 0 aromatic carbocycles. The van der Waals surface area contributed by atoms with E-state index in [0.29, 0.717) is 24.1 Å². The van der Waals surface area contributed by atoms with Crippen molar-refractivity contribution in [3.63, 3.8) is 0 Å². The molecule has 3 N–H and O–H groups in total. The number of aliphatic hydroxyl groups is 1. The third kappa shape index (κ3) is 3.50. The fourth-order valence-corrected chi connectivity index (χ4v) is 2.30. The molecule has 0 bridgehead atoms. The molecule has 0 aliphatic heterocycles. The Morgan fingerprint density at radius 3 is 2.84 bits per heavy atom. The SMILES string of the molecule is CCCOc1nc(N(C)CC2CC(O)C2)ccc1N. The Kier molecular flexibility index (Phi) is 4.47. The molecule has 1 fully saturated rings. The van der Waals surface area contributed by atoms with E-state index in [4.69, 9.17) is 10.5 Å². The summed E-state index contributed by atoms with van der Waals surface area (Å²) in [5.41, 5.74) is 6.42. The predicted molar refractivity (Wildman–Crippen MR) is 76.4 cm³/mol. The number of pyridine rings is 1. The van der Waals surface area contributed by atoms with Crippen LogP contribution in [0.15, 0.2) is 12.1 Å². The first-order valence-electron chi connectivity index (χ1n) is 6.88. The molecule has 1 saturated carbocycles. The number of hydrogen-bond donors (Lipinski definition) is 2. The first-order chi connectivity index (χ1) is 9.10. The minimum atomic E-state index is -0.110. The standard InChI is InChI=1S/C14H23N3O2/c1-3-6-19-14-12(15)4-5-13(16-14)17(2)9-10-7-11(18)8-10/h4-5,10-11,18H,3,6-9,15H2,1-2H3. The Labute approximate surface area is 114 Å². The molecule has 0 radical (unpaired) electrons. The second kappa shape index (κ2) is 6.10. The largest absolute Gasteiger partial charge is 0.476 e. The number of aromatic nitrogens is 1. The van der Waals surface area contributed by atoms with Crippen LogP contribution in [0.1, 0.15) is 26.2 Å². The van der Waals surface area contributed by atoms with E-state index in [2.05, 4.69) is 9.88 Å². The van der Waals surface area contributed by atoms with Crippen LogP contribution >= 0.6 is 0 Å². The van der Waals surface area contributed by atoms with Crippen LogP contribution in [0.25, 0.3) is 0 Å². The number of rotatable bonds is 6. The molecule has 0 atom stereocenters. The highest BCUT2D eigenvalue weighted by molar-refractivity contribution is 5.54. The molecule has 1 aliphatic carbocycles. The number of nitrogens with zero attached hydrogens (tertiary/aromatic N) is 2. The molecule has 2 rings (SSSR count). The maximum Gasteiger partial charge on any atom is 0.239 e. The van der Waals surface area contributed by atoms with Crippen molar-refractivity contribution in [3.05, 3.63) is 12.1 Å². The lowest BCUT2D eigenvalue weighted by molar-refractivity contribution is 0.0464. The van der Waals surface area contributed by atoms with Crippen molar-refractivity contribution in [2.75, 3.05) is 30.8 Å². The first-order valence-corrected chi connectivity index (χ1v) is 6.88. The van der Waals surface area contributed by atoms with Gasteiger partial charge in [-0.15, -0.1) is 0 Å². The second-order valence-corrected chi connectivity index (χ2v) is 5.28. The summed E-state index contributed by atoms with van der Waals surface area (Å²) in [6.07, 6.45) is 2.60. The topological polar surface area (TPSA) is 71.6 Å². The highest BCUT2D eigenvalue weighted by Crippen LogP contribution is 2.29. The number of anilines is 2. The van der Waals surface area contributed by atoms with Gasteiger partial charge in [-0.3, -0.25) is 0 Å². The van der Waals surface area contributed by atoms with E-state index < -0.39 is 0 Å². The molecule has 1 heterocycles. The summed E-state index contributed by atoms with van der Waals surface area (Å²) in [5.74, 6) is 1.93. The molecule has 1 aliphatic rings. The molecular formula is C14H23N3O2. The number of hydrogen-bond acceptors (Lipinski definition) is 5. The van der Waals surface area contributed by atoms with Crippen molar-refractivity contribution in [2.24, 2.45) is 5.92 Å². The van der Waals surface area contributed by atoms with Crippen LogP contribution in [0.2, 0.25) is 0 Å². The van der Waals surface area contributed by atoms with Gasteiger partial charge in [-0.05, 0) is 37.3 Å². The van der Waals surface area contributed by atoms with Crippen molar-refractivity contribution < 1.29 is 9.84 Å². The van der Waals surface area contributed by atoms with Gasteiger partial charge in [-0.1, -0.05) is 6.92 Å². The zero-order chi connectivity index (χ0) is 13.8. The van der Waals surface area contributed by atoms with Crippen LogP contribution in [0.4, 0.5) is 11.5 Å². The summed E-state index contributed by atoms with van der Waals surface area (Å²) >= 11 is 0. The van der Waals surface area contributed by atoms with Gasteiger partial charge in [0.2, 0.25) is 5.88 Å². The summed E-state index contributed by atoms with van der Waals surface area (Å²) in [6.45, 7) is 3.58. The Hall–Kier alpha value is -1.49. The molecule has 19 heavy (non-hydrogen) atoms. The summed E-state index contributed by atoms with van der Waals surface area (Å²) in [6, 6.07) is 3.74. The van der Waals surface area contributed by atoms with E-state index in [0.717, 1.165) is 31.6 Å². The fourth-order valence-electron chi connectivity index (χ4n) is 2.30. The van der Waals surface area contributed by atoms with E-state index in [1.807, 2.05) is 26.1 Å². The van der Waals surface area contributed by atoms with Crippen molar-refractivity contribution in [1.82, 2.24) is 4.98 Å². The van der Waals surface area contributed by atoms with Gasteiger partial charge < -0.3 is 20.5 Å². The van der Waals surface area contributed by atoms with Crippen LogP contribution in [0, 0.1) is 5.92 Å². The Balaban J connectivity index is 1.98. The van der Waals surface area contributed by atoms with Crippen LogP contribution in [-0.4, -0.2) is 36.4 Å². The van der Waals surface area contributed by atoms with Crippen molar-refractivity contribution in [1.29, 1.82) is 0 Å². The third-order valence-electron chi connectivity index (χ3n) is 3.45. The Morgan fingerprint density at radius 2 is 2.21 bits per heavy atom. The molecular weight excluding hydrogens is 242 g/mol. The molecule has 0 unspecified atom stereocenters. The smallest absolute Gasteiger partial charge is 0.239 e. The van der Waals surface area contributed by atoms with Crippen molar-refractivity contribution in [2.45, 2.75) is 32.3 Å². The van der Waals surface area contributed by atoms with E-state index >= 15 is 0 Å². The van der Waals surface area contributed by atoms with Crippen molar-refractivity contribution >= 4 is 11.5 Å². The predicted octanol–water partition coefficient (Wildman–Crippen LogP) is 1.66. The number of nitrogens with two attached hydrogens (primary N) is 1. The van der Waals surface area contributed by atoms with Gasteiger partial charge in [0.05, 0.1) is 18.4 Å². The van der Waals surface area contributed by atoms with E-state index in [1.54, 1.807) is 0 Å². The lowest BCUT2D eigenvalue weighted by atomic mass is 9.82. The highest BCUT2D eigenvalue weighted by Gasteiger charge is 2.28. The van der Waals surface area contributed by atoms with Crippen LogP contribution in [0.3, 0.4) is 0 Å². The third-order valence-corrected chi connectivity index (χ3v) is 3.45. The van der Waals surface area contributed by atoms with Gasteiger partial charge in [0, 0.05) is 13.6 Å². The molecule has 0 amide bonds. The highest BCUT2D eigenvalue weighted by atomic mass is 16.5. The Bertz CT molecular complexity index is 419. The van der Waals surface area contributed by atoms with Gasteiger partial charge in [0.15, 0.2) is 0 Å². The van der Waals surface area contributed by atoms with Gasteiger partial charge in [0.1, 0.15) is 5.82 Å². The second-order valence-electron chi connectivity index (χ2n) is 5.28. The maximum absolute atomic E-state index is 9.31. The van der Waals surface area contributed by atoms with Gasteiger partial charge in [0.25, 0.3) is 0 Å². The zero-order valence-corrected chi connectivity index (χ0v) is 11.7. The average Bonchev–Trinajstić information content (AvgIpc) is 2.36.